The number of hydrogen-bond donors (Lipinski definition) is 2. The minimum absolute atomic E-state index is 0.0387. The van der Waals surface area contributed by atoms with Crippen LogP contribution in [0.1, 0.15) is 19.4 Å². The van der Waals surface area contributed by atoms with E-state index in [4.69, 9.17) is 0 Å². The molecule has 2 rings (SSSR count). The maximum absolute atomic E-state index is 13.3. The monoisotopic (exact) mass is 407 g/mol. The van der Waals surface area contributed by atoms with Crippen molar-refractivity contribution in [2.24, 2.45) is 0 Å². The lowest BCUT2D eigenvalue weighted by Crippen LogP contribution is -2.38. The van der Waals surface area contributed by atoms with Gasteiger partial charge in [-0.2, -0.15) is 4.31 Å². The number of aryl methyl sites for hydroxylation is 1. The third kappa shape index (κ3) is 5.37. The molecule has 0 bridgehead atoms. The van der Waals surface area contributed by atoms with Crippen LogP contribution in [0, 0.1) is 12.7 Å². The molecular formula is C19H22FN3O4S. The molecule has 2 aromatic carbocycles. The molecule has 0 unspecified atom stereocenters. The standard InChI is InChI=1S/C19H22FN3O4S/c1-4-23(28(26,27)18-10-5-15(20)11-13(18)2)12-19(25)22-17-8-6-16(7-9-17)21-14(3)24/h5-11H,4,12H2,1-3H3,(H,21,24)(H,22,25). The summed E-state index contributed by atoms with van der Waals surface area (Å²) in [7, 11) is -3.95. The summed E-state index contributed by atoms with van der Waals surface area (Å²) in [4.78, 5) is 23.3. The number of nitrogens with zero attached hydrogens (tertiary/aromatic N) is 1. The van der Waals surface area contributed by atoms with Gasteiger partial charge < -0.3 is 10.6 Å². The van der Waals surface area contributed by atoms with Gasteiger partial charge in [-0.15, -0.1) is 0 Å². The Kier molecular flexibility index (Phi) is 6.87. The van der Waals surface area contributed by atoms with Gasteiger partial charge in [0.25, 0.3) is 0 Å². The second kappa shape index (κ2) is 8.94. The molecule has 0 saturated heterocycles. The fourth-order valence-corrected chi connectivity index (χ4v) is 4.22. The zero-order valence-electron chi connectivity index (χ0n) is 15.8. The molecule has 0 aliphatic heterocycles. The van der Waals surface area contributed by atoms with Crippen LogP contribution in [-0.4, -0.2) is 37.6 Å². The molecule has 0 atom stereocenters. The Balaban J connectivity index is 2.11. The summed E-state index contributed by atoms with van der Waals surface area (Å²) in [6.45, 7) is 4.20. The molecule has 2 N–H and O–H groups in total. The number of halogens is 1. The molecule has 2 amide bonds. The summed E-state index contributed by atoms with van der Waals surface area (Å²) in [5, 5.41) is 5.22. The molecule has 0 spiro atoms. The first-order valence-corrected chi connectivity index (χ1v) is 10.0. The second-order valence-electron chi connectivity index (χ2n) is 6.15. The van der Waals surface area contributed by atoms with Crippen molar-refractivity contribution in [2.45, 2.75) is 25.7 Å². The van der Waals surface area contributed by atoms with Gasteiger partial charge in [-0.1, -0.05) is 6.92 Å². The van der Waals surface area contributed by atoms with Crippen LogP contribution in [-0.2, 0) is 19.6 Å². The van der Waals surface area contributed by atoms with Crippen LogP contribution >= 0.6 is 0 Å². The highest BCUT2D eigenvalue weighted by atomic mass is 32.2. The molecule has 0 aliphatic carbocycles. The summed E-state index contributed by atoms with van der Waals surface area (Å²) < 4.78 is 39.9. The first-order chi connectivity index (χ1) is 13.1. The number of rotatable bonds is 7. The SMILES string of the molecule is CCN(CC(=O)Nc1ccc(NC(C)=O)cc1)S(=O)(=O)c1ccc(F)cc1C. The fraction of sp³-hybridized carbons (Fsp3) is 0.263. The van der Waals surface area contributed by atoms with Gasteiger partial charge in [0, 0.05) is 24.8 Å². The summed E-state index contributed by atoms with van der Waals surface area (Å²) in [5.41, 5.74) is 1.31. The van der Waals surface area contributed by atoms with Gasteiger partial charge in [0.05, 0.1) is 11.4 Å². The normalized spacial score (nSPS) is 11.3. The zero-order valence-corrected chi connectivity index (χ0v) is 16.6. The second-order valence-corrected chi connectivity index (χ2v) is 8.05. The summed E-state index contributed by atoms with van der Waals surface area (Å²) in [6.07, 6.45) is 0. The Morgan fingerprint density at radius 2 is 1.61 bits per heavy atom. The van der Waals surface area contributed by atoms with Crippen LogP contribution in [0.3, 0.4) is 0 Å². The highest BCUT2D eigenvalue weighted by Crippen LogP contribution is 2.21. The first-order valence-electron chi connectivity index (χ1n) is 8.57. The maximum Gasteiger partial charge on any atom is 0.243 e. The molecule has 0 aliphatic rings. The lowest BCUT2D eigenvalue weighted by Gasteiger charge is -2.21. The Hall–Kier alpha value is -2.78. The number of sulfonamides is 1. The van der Waals surface area contributed by atoms with Gasteiger partial charge in [0.2, 0.25) is 21.8 Å². The van der Waals surface area contributed by atoms with Gasteiger partial charge in [-0.3, -0.25) is 9.59 Å². The highest BCUT2D eigenvalue weighted by Gasteiger charge is 2.27. The Bertz CT molecular complexity index is 975. The fourth-order valence-electron chi connectivity index (χ4n) is 2.61. The zero-order chi connectivity index (χ0) is 20.9. The van der Waals surface area contributed by atoms with Gasteiger partial charge in [0.15, 0.2) is 0 Å². The largest absolute Gasteiger partial charge is 0.326 e. The number of anilines is 2. The summed E-state index contributed by atoms with van der Waals surface area (Å²) in [6, 6.07) is 9.83. The number of hydrogen-bond acceptors (Lipinski definition) is 4. The predicted octanol–water partition coefficient (Wildman–Crippen LogP) is 2.74. The number of likely N-dealkylation sites (N-methyl/N-ethyl adjacent to an activating group) is 1. The van der Waals surface area contributed by atoms with E-state index < -0.39 is 21.7 Å². The molecule has 150 valence electrons. The van der Waals surface area contributed by atoms with E-state index in [-0.39, 0.29) is 29.5 Å². The Morgan fingerprint density at radius 1 is 1.04 bits per heavy atom. The van der Waals surface area contributed by atoms with E-state index in [0.29, 0.717) is 11.4 Å². The van der Waals surface area contributed by atoms with Crippen LogP contribution in [0.5, 0.6) is 0 Å². The molecule has 9 heteroatoms. The number of carbonyl (C=O) groups excluding carboxylic acids is 2. The molecule has 0 fully saturated rings. The van der Waals surface area contributed by atoms with E-state index in [1.807, 2.05) is 0 Å². The van der Waals surface area contributed by atoms with E-state index in [2.05, 4.69) is 10.6 Å². The third-order valence-electron chi connectivity index (χ3n) is 3.92. The van der Waals surface area contributed by atoms with Crippen molar-refractivity contribution in [3.05, 3.63) is 53.8 Å². The van der Waals surface area contributed by atoms with Crippen molar-refractivity contribution in [1.29, 1.82) is 0 Å². The third-order valence-corrected chi connectivity index (χ3v) is 6.00. The average Bonchev–Trinajstić information content (AvgIpc) is 2.60. The number of amides is 2. The van der Waals surface area contributed by atoms with Crippen LogP contribution in [0.25, 0.3) is 0 Å². The lowest BCUT2D eigenvalue weighted by molar-refractivity contribution is -0.116. The van der Waals surface area contributed by atoms with Gasteiger partial charge in [0.1, 0.15) is 5.82 Å². The predicted molar refractivity (Wildman–Crippen MR) is 105 cm³/mol. The Labute approximate surface area is 163 Å². The van der Waals surface area contributed by atoms with Crippen LogP contribution in [0.4, 0.5) is 15.8 Å². The summed E-state index contributed by atoms with van der Waals surface area (Å²) in [5.74, 6) is -1.26. The van der Waals surface area contributed by atoms with Crippen molar-refractivity contribution in [2.75, 3.05) is 23.7 Å². The Morgan fingerprint density at radius 3 is 2.11 bits per heavy atom. The molecular weight excluding hydrogens is 385 g/mol. The van der Waals surface area contributed by atoms with Crippen molar-refractivity contribution in [3.8, 4) is 0 Å². The molecule has 7 nitrogen and oxygen atoms in total. The molecule has 0 radical (unpaired) electrons. The van der Waals surface area contributed by atoms with E-state index in [1.54, 1.807) is 31.2 Å². The molecule has 0 heterocycles. The average molecular weight is 407 g/mol. The minimum atomic E-state index is -3.95. The molecule has 2 aromatic rings. The van der Waals surface area contributed by atoms with E-state index >= 15 is 0 Å². The van der Waals surface area contributed by atoms with Crippen LogP contribution in [0.2, 0.25) is 0 Å². The quantitative estimate of drug-likeness (QED) is 0.738. The number of carbonyl (C=O) groups is 2. The lowest BCUT2D eigenvalue weighted by atomic mass is 10.2. The van der Waals surface area contributed by atoms with Crippen molar-refractivity contribution in [3.63, 3.8) is 0 Å². The van der Waals surface area contributed by atoms with E-state index in [0.717, 1.165) is 16.4 Å². The maximum atomic E-state index is 13.3. The van der Waals surface area contributed by atoms with Gasteiger partial charge in [-0.25, -0.2) is 12.8 Å². The first kappa shape index (κ1) is 21.5. The molecule has 0 saturated carbocycles. The van der Waals surface area contributed by atoms with Crippen LogP contribution in [0.15, 0.2) is 47.4 Å². The van der Waals surface area contributed by atoms with Crippen LogP contribution < -0.4 is 10.6 Å². The summed E-state index contributed by atoms with van der Waals surface area (Å²) >= 11 is 0. The van der Waals surface area contributed by atoms with Crippen molar-refractivity contribution in [1.82, 2.24) is 4.31 Å². The minimum Gasteiger partial charge on any atom is -0.326 e. The number of nitrogens with one attached hydrogen (secondary N) is 2. The van der Waals surface area contributed by atoms with Crippen molar-refractivity contribution >= 4 is 33.2 Å². The molecule has 0 aromatic heterocycles. The van der Waals surface area contributed by atoms with E-state index in [1.165, 1.54) is 19.9 Å². The van der Waals surface area contributed by atoms with Gasteiger partial charge in [-0.05, 0) is 55.0 Å². The highest BCUT2D eigenvalue weighted by molar-refractivity contribution is 7.89. The molecule has 28 heavy (non-hydrogen) atoms. The topological polar surface area (TPSA) is 95.6 Å². The smallest absolute Gasteiger partial charge is 0.243 e. The van der Waals surface area contributed by atoms with E-state index in [9.17, 15) is 22.4 Å². The van der Waals surface area contributed by atoms with Crippen molar-refractivity contribution < 1.29 is 22.4 Å². The number of benzene rings is 2. The van der Waals surface area contributed by atoms with Gasteiger partial charge >= 0.3 is 0 Å².